The van der Waals surface area contributed by atoms with Crippen LogP contribution in [-0.4, -0.2) is 25.0 Å². The van der Waals surface area contributed by atoms with Crippen LogP contribution in [0.5, 0.6) is 0 Å². The standard InChI is InChI=1S/C24H17N5O2S/c1-15-25-21-5-3-2-4-20(21)24(31)29(15)19-12-8-17(9-13-19)23(30)26-18-10-6-16(7-11-18)22-14-32-28-27-22/h2-14H,1H3,(H,26,30). The third kappa shape index (κ3) is 3.67. The number of amides is 1. The summed E-state index contributed by atoms with van der Waals surface area (Å²) in [4.78, 5) is 30.2. The Morgan fingerprint density at radius 2 is 1.72 bits per heavy atom. The van der Waals surface area contributed by atoms with Crippen molar-refractivity contribution in [3.63, 3.8) is 0 Å². The van der Waals surface area contributed by atoms with Gasteiger partial charge >= 0.3 is 0 Å². The van der Waals surface area contributed by atoms with E-state index in [9.17, 15) is 9.59 Å². The summed E-state index contributed by atoms with van der Waals surface area (Å²) in [5, 5.41) is 9.34. The van der Waals surface area contributed by atoms with E-state index >= 15 is 0 Å². The third-order valence-corrected chi connectivity index (χ3v) is 5.63. The van der Waals surface area contributed by atoms with Crippen LogP contribution in [0.15, 0.2) is 83.0 Å². The highest BCUT2D eigenvalue weighted by atomic mass is 32.1. The van der Waals surface area contributed by atoms with E-state index < -0.39 is 0 Å². The maximum absolute atomic E-state index is 13.0. The second kappa shape index (κ2) is 8.16. The Hall–Kier alpha value is -4.17. The minimum absolute atomic E-state index is 0.138. The van der Waals surface area contributed by atoms with Gasteiger partial charge in [0.1, 0.15) is 11.5 Å². The van der Waals surface area contributed by atoms with Gasteiger partial charge < -0.3 is 5.32 Å². The van der Waals surface area contributed by atoms with Gasteiger partial charge in [0.25, 0.3) is 11.5 Å². The average molecular weight is 440 g/mol. The van der Waals surface area contributed by atoms with Gasteiger partial charge in [-0.25, -0.2) is 4.98 Å². The second-order valence-corrected chi connectivity index (χ2v) is 7.80. The molecule has 0 saturated heterocycles. The summed E-state index contributed by atoms with van der Waals surface area (Å²) in [7, 11) is 0. The Bertz CT molecular complexity index is 1470. The minimum Gasteiger partial charge on any atom is -0.322 e. The molecule has 3 aromatic carbocycles. The van der Waals surface area contributed by atoms with E-state index in [1.807, 2.05) is 47.8 Å². The number of hydrogen-bond acceptors (Lipinski definition) is 6. The maximum Gasteiger partial charge on any atom is 0.265 e. The molecule has 0 atom stereocenters. The van der Waals surface area contributed by atoms with Gasteiger partial charge in [0, 0.05) is 22.2 Å². The van der Waals surface area contributed by atoms with Crippen LogP contribution in [-0.2, 0) is 0 Å². The van der Waals surface area contributed by atoms with Crippen LogP contribution in [0.1, 0.15) is 16.2 Å². The first-order valence-corrected chi connectivity index (χ1v) is 10.7. The molecule has 7 nitrogen and oxygen atoms in total. The molecule has 0 aliphatic heterocycles. The first kappa shape index (κ1) is 19.8. The fourth-order valence-corrected chi connectivity index (χ4v) is 3.99. The second-order valence-electron chi connectivity index (χ2n) is 7.19. The molecule has 1 N–H and O–H groups in total. The van der Waals surface area contributed by atoms with E-state index in [1.54, 1.807) is 41.8 Å². The lowest BCUT2D eigenvalue weighted by molar-refractivity contribution is 0.102. The zero-order valence-electron chi connectivity index (χ0n) is 17.0. The van der Waals surface area contributed by atoms with Gasteiger partial charge in [-0.05, 0) is 67.0 Å². The van der Waals surface area contributed by atoms with Crippen LogP contribution >= 0.6 is 11.5 Å². The molecule has 156 valence electrons. The van der Waals surface area contributed by atoms with Crippen molar-refractivity contribution in [2.45, 2.75) is 6.92 Å². The molecule has 1 amide bonds. The lowest BCUT2D eigenvalue weighted by Gasteiger charge is -2.12. The molecular formula is C24H17N5O2S. The molecule has 0 radical (unpaired) electrons. The molecule has 2 aromatic heterocycles. The Balaban J connectivity index is 1.37. The predicted molar refractivity (Wildman–Crippen MR) is 125 cm³/mol. The Labute approximate surface area is 187 Å². The zero-order chi connectivity index (χ0) is 22.1. The van der Waals surface area contributed by atoms with Crippen LogP contribution in [0.4, 0.5) is 5.69 Å². The normalized spacial score (nSPS) is 10.9. The molecule has 8 heteroatoms. The number of nitrogens with zero attached hydrogens (tertiary/aromatic N) is 4. The largest absolute Gasteiger partial charge is 0.322 e. The van der Waals surface area contributed by atoms with Crippen molar-refractivity contribution in [3.8, 4) is 16.9 Å². The van der Waals surface area contributed by atoms with Gasteiger partial charge in [-0.1, -0.05) is 28.8 Å². The molecule has 32 heavy (non-hydrogen) atoms. The van der Waals surface area contributed by atoms with Crippen LogP contribution < -0.4 is 10.9 Å². The van der Waals surface area contributed by atoms with Crippen LogP contribution in [0.3, 0.4) is 0 Å². The van der Waals surface area contributed by atoms with E-state index in [2.05, 4.69) is 19.9 Å². The first-order valence-electron chi connectivity index (χ1n) is 9.88. The lowest BCUT2D eigenvalue weighted by Crippen LogP contribution is -2.22. The number of aromatic nitrogens is 4. The molecule has 5 aromatic rings. The van der Waals surface area contributed by atoms with E-state index in [0.29, 0.717) is 33.7 Å². The summed E-state index contributed by atoms with van der Waals surface area (Å²) < 4.78 is 5.41. The maximum atomic E-state index is 13.0. The lowest BCUT2D eigenvalue weighted by atomic mass is 10.1. The monoisotopic (exact) mass is 439 g/mol. The Morgan fingerprint density at radius 1 is 0.969 bits per heavy atom. The summed E-state index contributed by atoms with van der Waals surface area (Å²) in [6.45, 7) is 1.79. The zero-order valence-corrected chi connectivity index (χ0v) is 17.8. The topological polar surface area (TPSA) is 89.8 Å². The smallest absolute Gasteiger partial charge is 0.265 e. The number of carbonyl (C=O) groups is 1. The molecule has 0 aliphatic carbocycles. The number of para-hydroxylation sites is 1. The van der Waals surface area contributed by atoms with Gasteiger partial charge in [0.05, 0.1) is 16.6 Å². The molecule has 0 saturated carbocycles. The number of nitrogens with one attached hydrogen (secondary N) is 1. The average Bonchev–Trinajstić information content (AvgIpc) is 3.35. The summed E-state index contributed by atoms with van der Waals surface area (Å²) in [5.74, 6) is 0.349. The van der Waals surface area contributed by atoms with Crippen molar-refractivity contribution >= 4 is 34.0 Å². The quantitative estimate of drug-likeness (QED) is 0.446. The highest BCUT2D eigenvalue weighted by molar-refractivity contribution is 7.03. The molecule has 0 spiro atoms. The van der Waals surface area contributed by atoms with Crippen molar-refractivity contribution in [2.24, 2.45) is 0 Å². The molecule has 2 heterocycles. The molecule has 0 unspecified atom stereocenters. The fourth-order valence-electron chi connectivity index (χ4n) is 3.53. The first-order chi connectivity index (χ1) is 15.6. The number of carbonyl (C=O) groups excluding carboxylic acids is 1. The van der Waals surface area contributed by atoms with Crippen molar-refractivity contribution in [2.75, 3.05) is 5.32 Å². The number of hydrogen-bond donors (Lipinski definition) is 1. The summed E-state index contributed by atoms with van der Waals surface area (Å²) in [5.41, 5.74) is 4.09. The summed E-state index contributed by atoms with van der Waals surface area (Å²) >= 11 is 1.29. The predicted octanol–water partition coefficient (Wildman–Crippen LogP) is 4.46. The number of aryl methyl sites for hydroxylation is 1. The van der Waals surface area contributed by atoms with E-state index in [1.165, 1.54) is 11.5 Å². The van der Waals surface area contributed by atoms with Gasteiger partial charge in [0.15, 0.2) is 0 Å². The molecule has 0 aliphatic rings. The van der Waals surface area contributed by atoms with Crippen LogP contribution in [0.2, 0.25) is 0 Å². The highest BCUT2D eigenvalue weighted by Crippen LogP contribution is 2.21. The van der Waals surface area contributed by atoms with Crippen molar-refractivity contribution in [1.82, 2.24) is 19.1 Å². The molecule has 0 fully saturated rings. The molecular weight excluding hydrogens is 422 g/mol. The van der Waals surface area contributed by atoms with Gasteiger partial charge in [-0.15, -0.1) is 5.10 Å². The SMILES string of the molecule is Cc1nc2ccccc2c(=O)n1-c1ccc(C(=O)Nc2ccc(-c3csnn3)cc2)cc1. The highest BCUT2D eigenvalue weighted by Gasteiger charge is 2.11. The Kier molecular flexibility index (Phi) is 5.04. The van der Waals surface area contributed by atoms with E-state index in [-0.39, 0.29) is 11.5 Å². The Morgan fingerprint density at radius 3 is 2.44 bits per heavy atom. The summed E-state index contributed by atoms with van der Waals surface area (Å²) in [6, 6.07) is 21.6. The van der Waals surface area contributed by atoms with E-state index in [0.717, 1.165) is 11.3 Å². The number of fused-ring (bicyclic) bond motifs is 1. The van der Waals surface area contributed by atoms with Gasteiger partial charge in [-0.3, -0.25) is 14.2 Å². The van der Waals surface area contributed by atoms with Gasteiger partial charge in [0.2, 0.25) is 0 Å². The molecule has 0 bridgehead atoms. The van der Waals surface area contributed by atoms with Gasteiger partial charge in [-0.2, -0.15) is 0 Å². The minimum atomic E-state index is -0.236. The fraction of sp³-hybridized carbons (Fsp3) is 0.0417. The van der Waals surface area contributed by atoms with E-state index in [4.69, 9.17) is 0 Å². The number of benzene rings is 3. The van der Waals surface area contributed by atoms with Crippen molar-refractivity contribution in [1.29, 1.82) is 0 Å². The number of rotatable bonds is 4. The molecule has 5 rings (SSSR count). The van der Waals surface area contributed by atoms with Crippen LogP contribution in [0, 0.1) is 6.92 Å². The number of anilines is 1. The van der Waals surface area contributed by atoms with Crippen LogP contribution in [0.25, 0.3) is 27.8 Å². The van der Waals surface area contributed by atoms with Crippen molar-refractivity contribution < 1.29 is 4.79 Å². The summed E-state index contributed by atoms with van der Waals surface area (Å²) in [6.07, 6.45) is 0. The third-order valence-electron chi connectivity index (χ3n) is 5.13. The van der Waals surface area contributed by atoms with Crippen molar-refractivity contribution in [3.05, 3.63) is 99.9 Å².